The van der Waals surface area contributed by atoms with E-state index >= 15 is 0 Å². The minimum atomic E-state index is -0.191. The summed E-state index contributed by atoms with van der Waals surface area (Å²) < 4.78 is 5.72. The number of pyridine rings is 1. The van der Waals surface area contributed by atoms with E-state index in [2.05, 4.69) is 10.3 Å². The highest BCUT2D eigenvalue weighted by molar-refractivity contribution is 5.94. The Bertz CT molecular complexity index is 751. The highest BCUT2D eigenvalue weighted by atomic mass is 16.5. The van der Waals surface area contributed by atoms with Crippen LogP contribution in [0.25, 0.3) is 0 Å². The lowest BCUT2D eigenvalue weighted by molar-refractivity contribution is 0.0557. The zero-order valence-electron chi connectivity index (χ0n) is 13.6. The molecule has 2 heterocycles. The molecule has 7 heteroatoms. The Morgan fingerprint density at radius 3 is 3.04 bits per heavy atom. The lowest BCUT2D eigenvalue weighted by atomic mass is 10.1. The van der Waals surface area contributed by atoms with Crippen molar-refractivity contribution in [3.63, 3.8) is 0 Å². The number of ether oxygens (including phenoxy) is 1. The number of aldehydes is 1. The predicted octanol–water partition coefficient (Wildman–Crippen LogP) is 1.09. The fourth-order valence-corrected chi connectivity index (χ4v) is 2.80. The lowest BCUT2D eigenvalue weighted by Crippen LogP contribution is -2.55. The van der Waals surface area contributed by atoms with Crippen molar-refractivity contribution in [3.05, 3.63) is 53.9 Å². The zero-order valence-corrected chi connectivity index (χ0v) is 13.6. The molecule has 0 bridgehead atoms. The molecule has 1 aliphatic rings. The van der Waals surface area contributed by atoms with Gasteiger partial charge in [-0.3, -0.25) is 14.6 Å². The molecular weight excluding hydrogens is 322 g/mol. The van der Waals surface area contributed by atoms with Gasteiger partial charge in [-0.05, 0) is 24.3 Å². The van der Waals surface area contributed by atoms with Crippen LogP contribution in [-0.2, 0) is 0 Å². The van der Waals surface area contributed by atoms with Crippen LogP contribution in [0.4, 0.5) is 0 Å². The molecular formula is C18H19N3O4. The number of carbonyl (C=O) groups is 2. The van der Waals surface area contributed by atoms with Crippen LogP contribution in [0.5, 0.6) is 11.5 Å². The van der Waals surface area contributed by atoms with Crippen molar-refractivity contribution < 1.29 is 19.4 Å². The molecule has 2 N–H and O–H groups in total. The Balaban J connectivity index is 1.73. The quantitative estimate of drug-likeness (QED) is 0.791. The van der Waals surface area contributed by atoms with Crippen LogP contribution in [0.15, 0.2) is 42.7 Å². The number of hydrogen-bond acceptors (Lipinski definition) is 6. The lowest BCUT2D eigenvalue weighted by Gasteiger charge is -2.36. The molecule has 0 aliphatic carbocycles. The average molecular weight is 341 g/mol. The van der Waals surface area contributed by atoms with Crippen LogP contribution in [0.2, 0.25) is 0 Å². The number of phenols is 1. The van der Waals surface area contributed by atoms with E-state index in [-0.39, 0.29) is 29.9 Å². The number of aromatic nitrogens is 1. The van der Waals surface area contributed by atoms with Gasteiger partial charge in [0, 0.05) is 32.0 Å². The first-order chi connectivity index (χ1) is 12.2. The van der Waals surface area contributed by atoms with Crippen LogP contribution < -0.4 is 10.1 Å². The van der Waals surface area contributed by atoms with Gasteiger partial charge in [-0.2, -0.15) is 0 Å². The first-order valence-electron chi connectivity index (χ1n) is 8.02. The van der Waals surface area contributed by atoms with Gasteiger partial charge in [-0.15, -0.1) is 0 Å². The fourth-order valence-electron chi connectivity index (χ4n) is 2.80. The van der Waals surface area contributed by atoms with Crippen LogP contribution in [0.1, 0.15) is 20.7 Å². The van der Waals surface area contributed by atoms with E-state index in [1.54, 1.807) is 41.6 Å². The number of benzene rings is 1. The standard InChI is InChI=1S/C18H19N3O4/c22-11-15-16(23)4-1-5-17(15)25-12-14-10-20-7-8-21(14)18(24)13-3-2-6-19-9-13/h1-6,9,11,14,20,23H,7-8,10,12H2/t14-/m0/s1. The van der Waals surface area contributed by atoms with E-state index < -0.39 is 0 Å². The van der Waals surface area contributed by atoms with Crippen molar-refractivity contribution in [1.82, 2.24) is 15.2 Å². The topological polar surface area (TPSA) is 91.8 Å². The van der Waals surface area contributed by atoms with Crippen molar-refractivity contribution in [3.8, 4) is 11.5 Å². The average Bonchev–Trinajstić information content (AvgIpc) is 2.67. The maximum absolute atomic E-state index is 12.7. The maximum atomic E-state index is 12.7. The highest BCUT2D eigenvalue weighted by Gasteiger charge is 2.28. The van der Waals surface area contributed by atoms with Gasteiger partial charge in [0.25, 0.3) is 5.91 Å². The van der Waals surface area contributed by atoms with Crippen LogP contribution in [-0.4, -0.2) is 59.5 Å². The molecule has 1 aliphatic heterocycles. The molecule has 0 saturated carbocycles. The van der Waals surface area contributed by atoms with Crippen molar-refractivity contribution in [2.45, 2.75) is 6.04 Å². The number of piperazine rings is 1. The Hall–Kier alpha value is -2.93. The van der Waals surface area contributed by atoms with E-state index in [9.17, 15) is 14.7 Å². The SMILES string of the molecule is O=Cc1c(O)cccc1OC[C@@H]1CNCCN1C(=O)c1cccnc1. The monoisotopic (exact) mass is 341 g/mol. The first-order valence-corrected chi connectivity index (χ1v) is 8.02. The van der Waals surface area contributed by atoms with Gasteiger partial charge in [0.05, 0.1) is 17.2 Å². The van der Waals surface area contributed by atoms with Gasteiger partial charge in [-0.25, -0.2) is 0 Å². The summed E-state index contributed by atoms with van der Waals surface area (Å²) in [5, 5.41) is 13.0. The number of rotatable bonds is 5. The molecule has 25 heavy (non-hydrogen) atoms. The largest absolute Gasteiger partial charge is 0.507 e. The third kappa shape index (κ3) is 3.77. The maximum Gasteiger partial charge on any atom is 0.255 e. The third-order valence-electron chi connectivity index (χ3n) is 4.11. The summed E-state index contributed by atoms with van der Waals surface area (Å²) in [6.45, 7) is 2.06. The van der Waals surface area contributed by atoms with E-state index in [1.165, 1.54) is 6.07 Å². The number of nitrogens with one attached hydrogen (secondary N) is 1. The number of aromatic hydroxyl groups is 1. The van der Waals surface area contributed by atoms with E-state index in [4.69, 9.17) is 4.74 Å². The second-order valence-electron chi connectivity index (χ2n) is 5.72. The molecule has 1 atom stereocenters. The summed E-state index contributed by atoms with van der Waals surface area (Å²) >= 11 is 0. The van der Waals surface area contributed by atoms with Gasteiger partial charge in [0.2, 0.25) is 0 Å². The first kappa shape index (κ1) is 16.9. The molecule has 7 nitrogen and oxygen atoms in total. The minimum Gasteiger partial charge on any atom is -0.507 e. The summed E-state index contributed by atoms with van der Waals surface area (Å²) in [5.74, 6) is 0.0710. The van der Waals surface area contributed by atoms with E-state index in [1.807, 2.05) is 0 Å². The van der Waals surface area contributed by atoms with Crippen LogP contribution >= 0.6 is 0 Å². The van der Waals surface area contributed by atoms with Gasteiger partial charge in [0.1, 0.15) is 18.1 Å². The molecule has 2 aromatic rings. The smallest absolute Gasteiger partial charge is 0.255 e. The van der Waals surface area contributed by atoms with Gasteiger partial charge < -0.3 is 20.1 Å². The molecule has 3 rings (SSSR count). The second-order valence-corrected chi connectivity index (χ2v) is 5.72. The third-order valence-corrected chi connectivity index (χ3v) is 4.11. The van der Waals surface area contributed by atoms with Crippen LogP contribution in [0.3, 0.4) is 0 Å². The predicted molar refractivity (Wildman–Crippen MR) is 90.9 cm³/mol. The Labute approximate surface area is 145 Å². The second kappa shape index (κ2) is 7.76. The molecule has 130 valence electrons. The summed E-state index contributed by atoms with van der Waals surface area (Å²) in [7, 11) is 0. The molecule has 1 aromatic heterocycles. The van der Waals surface area contributed by atoms with Gasteiger partial charge >= 0.3 is 0 Å². The zero-order chi connectivity index (χ0) is 17.6. The molecule has 0 spiro atoms. The molecule has 1 aromatic carbocycles. The Morgan fingerprint density at radius 2 is 2.28 bits per heavy atom. The summed E-state index contributed by atoms with van der Waals surface area (Å²) in [4.78, 5) is 29.6. The van der Waals surface area contributed by atoms with Crippen molar-refractivity contribution in [2.75, 3.05) is 26.2 Å². The number of amides is 1. The number of nitrogens with zero attached hydrogens (tertiary/aromatic N) is 2. The van der Waals surface area contributed by atoms with Gasteiger partial charge in [-0.1, -0.05) is 6.07 Å². The van der Waals surface area contributed by atoms with Crippen LogP contribution in [0, 0.1) is 0 Å². The molecule has 0 radical (unpaired) electrons. The molecule has 0 unspecified atom stereocenters. The summed E-state index contributed by atoms with van der Waals surface area (Å²) in [6.07, 6.45) is 3.72. The minimum absolute atomic E-state index is 0.102. The Kier molecular flexibility index (Phi) is 5.25. The highest BCUT2D eigenvalue weighted by Crippen LogP contribution is 2.26. The molecule has 1 fully saturated rings. The van der Waals surface area contributed by atoms with Crippen molar-refractivity contribution in [1.29, 1.82) is 0 Å². The van der Waals surface area contributed by atoms with E-state index in [0.717, 1.165) is 0 Å². The summed E-state index contributed by atoms with van der Waals surface area (Å²) in [5.41, 5.74) is 0.636. The molecule has 1 saturated heterocycles. The van der Waals surface area contributed by atoms with Crippen molar-refractivity contribution >= 4 is 12.2 Å². The number of phenolic OH excluding ortho intramolecular Hbond substituents is 1. The van der Waals surface area contributed by atoms with Gasteiger partial charge in [0.15, 0.2) is 6.29 Å². The molecule has 1 amide bonds. The van der Waals surface area contributed by atoms with Crippen molar-refractivity contribution in [2.24, 2.45) is 0 Å². The number of carbonyl (C=O) groups excluding carboxylic acids is 2. The normalized spacial score (nSPS) is 17.1. The summed E-state index contributed by atoms with van der Waals surface area (Å²) in [6, 6.07) is 7.92. The fraction of sp³-hybridized carbons (Fsp3) is 0.278. The van der Waals surface area contributed by atoms with E-state index in [0.29, 0.717) is 37.2 Å². The number of hydrogen-bond donors (Lipinski definition) is 2. The Morgan fingerprint density at radius 1 is 1.40 bits per heavy atom.